The van der Waals surface area contributed by atoms with Crippen LogP contribution in [0.1, 0.15) is 13.8 Å². The van der Waals surface area contributed by atoms with Crippen LogP contribution in [0.5, 0.6) is 0 Å². The van der Waals surface area contributed by atoms with Gasteiger partial charge in [-0.3, -0.25) is 20.2 Å². The number of carbonyl (C=O) groups is 2. The number of thiophene rings is 2. The minimum Gasteiger partial charge on any atom is -0.476 e. The van der Waals surface area contributed by atoms with Gasteiger partial charge in [0.15, 0.2) is 0 Å². The summed E-state index contributed by atoms with van der Waals surface area (Å²) in [7, 11) is 0. The molecule has 202 valence electrons. The summed E-state index contributed by atoms with van der Waals surface area (Å²) in [5.74, 6) is -2.04. The molecule has 40 heavy (non-hydrogen) atoms. The lowest BCUT2D eigenvalue weighted by Crippen LogP contribution is -2.05. The molecule has 0 bridgehead atoms. The summed E-state index contributed by atoms with van der Waals surface area (Å²) in [5.41, 5.74) is 6.80. The van der Waals surface area contributed by atoms with Crippen LogP contribution in [0.25, 0.3) is 41.3 Å². The Morgan fingerprint density at radius 3 is 1.35 bits per heavy atom. The Morgan fingerprint density at radius 2 is 1.05 bits per heavy atom. The monoisotopic (exact) mass is 568 g/mol. The topological polar surface area (TPSA) is 130 Å². The van der Waals surface area contributed by atoms with Crippen LogP contribution in [-0.4, -0.2) is 32.7 Å². The van der Waals surface area contributed by atoms with Gasteiger partial charge in [0.2, 0.25) is 5.78 Å². The summed E-state index contributed by atoms with van der Waals surface area (Å²) in [5, 5.41) is 16.5. The highest BCUT2D eigenvalue weighted by Crippen LogP contribution is 2.32. The number of nitrogens with one attached hydrogen (secondary N) is 1. The minimum absolute atomic E-state index is 0.167. The maximum Gasteiger partial charge on any atom is 0.371 e. The number of pyridine rings is 2. The Morgan fingerprint density at radius 1 is 0.700 bits per heavy atom. The Bertz CT molecular complexity index is 1510. The van der Waals surface area contributed by atoms with Crippen molar-refractivity contribution in [3.8, 4) is 21.1 Å². The van der Waals surface area contributed by atoms with E-state index in [4.69, 9.17) is 16.2 Å². The quantitative estimate of drug-likeness (QED) is 0.115. The first-order chi connectivity index (χ1) is 19.2. The van der Waals surface area contributed by atoms with E-state index < -0.39 is 11.8 Å². The van der Waals surface area contributed by atoms with Crippen LogP contribution in [0, 0.1) is 5.41 Å². The van der Waals surface area contributed by atoms with Crippen molar-refractivity contribution in [1.82, 2.24) is 9.97 Å². The van der Waals surface area contributed by atoms with E-state index in [1.807, 2.05) is 48.8 Å². The fourth-order valence-corrected chi connectivity index (χ4v) is 5.31. The Kier molecular flexibility index (Phi) is 11.2. The Balaban J connectivity index is 0.000000167. The third kappa shape index (κ3) is 9.23. The van der Waals surface area contributed by atoms with Crippen LogP contribution in [0.4, 0.5) is 0 Å². The lowest BCUT2D eigenvalue weighted by atomic mass is 10.2. The molecular formula is C31H28N4O3S2. The molecule has 0 aliphatic carbocycles. The molecule has 6 aromatic rings. The van der Waals surface area contributed by atoms with Crippen molar-refractivity contribution < 1.29 is 14.7 Å². The lowest BCUT2D eigenvalue weighted by Gasteiger charge is -1.92. The number of nitrogens with zero attached hydrogens (tertiary/aromatic N) is 2. The first kappa shape index (κ1) is 29.8. The van der Waals surface area contributed by atoms with Crippen LogP contribution in [-0.2, 0) is 9.59 Å². The molecule has 9 heteroatoms. The van der Waals surface area contributed by atoms with Gasteiger partial charge in [-0.15, -0.1) is 22.7 Å². The molecule has 4 aromatic heterocycles. The highest BCUT2D eigenvalue weighted by Gasteiger charge is 2.04. The van der Waals surface area contributed by atoms with Crippen molar-refractivity contribution in [1.29, 1.82) is 5.41 Å². The molecule has 4 N–H and O–H groups in total. The van der Waals surface area contributed by atoms with Gasteiger partial charge >= 0.3 is 5.97 Å². The molecule has 2 aromatic carbocycles. The van der Waals surface area contributed by atoms with E-state index in [2.05, 4.69) is 70.6 Å². The van der Waals surface area contributed by atoms with Crippen molar-refractivity contribution in [3.05, 3.63) is 109 Å². The summed E-state index contributed by atoms with van der Waals surface area (Å²) in [6.45, 7) is 2.53. The van der Waals surface area contributed by atoms with Crippen molar-refractivity contribution in [2.24, 2.45) is 5.73 Å². The number of ketones is 1. The van der Waals surface area contributed by atoms with Gasteiger partial charge in [0, 0.05) is 28.7 Å². The second-order valence-electron chi connectivity index (χ2n) is 8.27. The van der Waals surface area contributed by atoms with E-state index in [0.717, 1.165) is 18.3 Å². The first-order valence-corrected chi connectivity index (χ1v) is 13.7. The first-order valence-electron chi connectivity index (χ1n) is 12.1. The van der Waals surface area contributed by atoms with E-state index >= 15 is 0 Å². The number of rotatable bonds is 3. The normalized spacial score (nSPS) is 9.75. The standard InChI is InChI=1S/2C13H9NS.C3H4O3.C2H6N2/c2*1-2-7-12-10(5-1)9-13(15-12)11-6-3-4-8-14-11;1-2(4)3(5)6;1-2(3)4/h2*1-9H;1H3,(H,5,6);1H3,(H3,3,4). The molecule has 0 aliphatic heterocycles. The van der Waals surface area contributed by atoms with Gasteiger partial charge in [0.05, 0.1) is 27.0 Å². The Hall–Kier alpha value is -4.73. The smallest absolute Gasteiger partial charge is 0.371 e. The highest BCUT2D eigenvalue weighted by molar-refractivity contribution is 7.22. The number of aliphatic carboxylic acids is 1. The predicted octanol–water partition coefficient (Wildman–Crippen LogP) is 7.53. The Labute approximate surface area is 240 Å². The number of carboxylic acids is 1. The van der Waals surface area contributed by atoms with E-state index in [1.165, 1.54) is 36.9 Å². The summed E-state index contributed by atoms with van der Waals surface area (Å²) in [4.78, 5) is 30.1. The van der Waals surface area contributed by atoms with Gasteiger partial charge in [-0.25, -0.2) is 4.79 Å². The van der Waals surface area contributed by atoms with Gasteiger partial charge in [-0.05, 0) is 66.2 Å². The number of fused-ring (bicyclic) bond motifs is 2. The van der Waals surface area contributed by atoms with Crippen LogP contribution in [0.15, 0.2) is 109 Å². The van der Waals surface area contributed by atoms with E-state index in [0.29, 0.717) is 0 Å². The molecule has 0 fully saturated rings. The number of Topliss-reactive ketones (excluding diaryl/α,β-unsaturated/α-hetero) is 1. The van der Waals surface area contributed by atoms with Crippen molar-refractivity contribution in [2.45, 2.75) is 13.8 Å². The zero-order valence-electron chi connectivity index (χ0n) is 21.9. The molecule has 0 saturated heterocycles. The average molecular weight is 569 g/mol. The third-order valence-corrected chi connectivity index (χ3v) is 7.26. The van der Waals surface area contributed by atoms with Gasteiger partial charge < -0.3 is 10.8 Å². The SMILES string of the molecule is CC(=N)N.CC(=O)C(=O)O.c1ccc(-c2cc3ccccc3s2)nc1.c1ccc(-c2cc3ccccc3s2)nc1. The number of amidine groups is 1. The van der Waals surface area contributed by atoms with Gasteiger partial charge in [-0.1, -0.05) is 48.5 Å². The summed E-state index contributed by atoms with van der Waals surface area (Å²) in [6, 6.07) is 33.2. The number of benzene rings is 2. The van der Waals surface area contributed by atoms with Crippen molar-refractivity contribution in [2.75, 3.05) is 0 Å². The molecule has 7 nitrogen and oxygen atoms in total. The van der Waals surface area contributed by atoms with Gasteiger partial charge in [0.25, 0.3) is 0 Å². The maximum absolute atomic E-state index is 9.54. The molecule has 4 heterocycles. The number of nitrogens with two attached hydrogens (primary N) is 1. The second-order valence-corrected chi connectivity index (χ2v) is 10.4. The van der Waals surface area contributed by atoms with Crippen molar-refractivity contribution in [3.63, 3.8) is 0 Å². The van der Waals surface area contributed by atoms with Crippen molar-refractivity contribution >= 4 is 60.4 Å². The number of carboxylic acid groups (broad SMARTS) is 1. The number of hydrogen-bond donors (Lipinski definition) is 3. The second kappa shape index (κ2) is 15.0. The third-order valence-electron chi connectivity index (χ3n) is 4.99. The van der Waals surface area contributed by atoms with E-state index in [9.17, 15) is 9.59 Å². The molecule has 0 aliphatic rings. The fraction of sp³-hybridized carbons (Fsp3) is 0.0645. The van der Waals surface area contributed by atoms with Gasteiger partial charge in [0.1, 0.15) is 0 Å². The fourth-order valence-electron chi connectivity index (χ4n) is 3.23. The molecule has 0 amide bonds. The summed E-state index contributed by atoms with van der Waals surface area (Å²) >= 11 is 3.58. The zero-order chi connectivity index (χ0) is 28.9. The van der Waals surface area contributed by atoms with Crippen LogP contribution in [0.2, 0.25) is 0 Å². The van der Waals surface area contributed by atoms with Crippen LogP contribution < -0.4 is 5.73 Å². The molecule has 0 saturated carbocycles. The summed E-state index contributed by atoms with van der Waals surface area (Å²) in [6.07, 6.45) is 3.67. The molecule has 0 atom stereocenters. The van der Waals surface area contributed by atoms with Crippen LogP contribution >= 0.6 is 22.7 Å². The molecule has 0 spiro atoms. The largest absolute Gasteiger partial charge is 0.476 e. The lowest BCUT2D eigenvalue weighted by molar-refractivity contribution is -0.148. The molecular weight excluding hydrogens is 541 g/mol. The minimum atomic E-state index is -1.38. The van der Waals surface area contributed by atoms with Gasteiger partial charge in [-0.2, -0.15) is 0 Å². The number of aromatic nitrogens is 2. The number of hydrogen-bond acceptors (Lipinski definition) is 7. The molecule has 6 rings (SSSR count). The number of carbonyl (C=O) groups excluding carboxylic acids is 1. The van der Waals surface area contributed by atoms with E-state index in [1.54, 1.807) is 22.7 Å². The highest BCUT2D eigenvalue weighted by atomic mass is 32.1. The van der Waals surface area contributed by atoms with E-state index in [-0.39, 0.29) is 5.84 Å². The average Bonchev–Trinajstić information content (AvgIpc) is 3.59. The molecule has 0 radical (unpaired) electrons. The summed E-state index contributed by atoms with van der Waals surface area (Å²) < 4.78 is 2.64. The van der Waals surface area contributed by atoms with Crippen LogP contribution in [0.3, 0.4) is 0 Å². The maximum atomic E-state index is 9.54. The zero-order valence-corrected chi connectivity index (χ0v) is 23.6. The molecule has 0 unspecified atom stereocenters. The predicted molar refractivity (Wildman–Crippen MR) is 166 cm³/mol.